The van der Waals surface area contributed by atoms with Crippen molar-refractivity contribution >= 4 is 28.5 Å². The van der Waals surface area contributed by atoms with Gasteiger partial charge in [-0.2, -0.15) is 0 Å². The van der Waals surface area contributed by atoms with Gasteiger partial charge < -0.3 is 10.1 Å². The maximum absolute atomic E-state index is 13.7. The van der Waals surface area contributed by atoms with Crippen molar-refractivity contribution in [3.8, 4) is 11.3 Å². The molecule has 0 unspecified atom stereocenters. The molecule has 0 bridgehead atoms. The molecule has 0 aliphatic carbocycles. The van der Waals surface area contributed by atoms with E-state index >= 15 is 0 Å². The number of ether oxygens (including phenoxy) is 1. The summed E-state index contributed by atoms with van der Waals surface area (Å²) < 4.78 is 5.34. The molecule has 37 heavy (non-hydrogen) atoms. The fourth-order valence-corrected chi connectivity index (χ4v) is 4.58. The van der Waals surface area contributed by atoms with E-state index in [1.165, 1.54) is 5.56 Å². The number of esters is 1. The predicted octanol–water partition coefficient (Wildman–Crippen LogP) is 7.73. The standard InChI is InChI=1S/C32H34N2O3/c1-6-7-8-17-37-32(36)25-13-15-26(16-14-25)33-31(35)28-23(5)30(24-11-9-20(2)10-12-24)34-29-22(4)18-21(3)19-27(28)29/h9-16,18-19H,6-8,17H2,1-5H3,(H,33,35). The lowest BCUT2D eigenvalue weighted by atomic mass is 9.94. The molecule has 3 aromatic carbocycles. The van der Waals surface area contributed by atoms with E-state index in [2.05, 4.69) is 30.4 Å². The van der Waals surface area contributed by atoms with Gasteiger partial charge in [0.1, 0.15) is 0 Å². The van der Waals surface area contributed by atoms with Gasteiger partial charge in [0, 0.05) is 16.6 Å². The second-order valence-electron chi connectivity index (χ2n) is 9.68. The minimum absolute atomic E-state index is 0.210. The smallest absolute Gasteiger partial charge is 0.338 e. The Morgan fingerprint density at radius 3 is 2.24 bits per heavy atom. The van der Waals surface area contributed by atoms with Crippen LogP contribution in [0.5, 0.6) is 0 Å². The first-order chi connectivity index (χ1) is 17.8. The summed E-state index contributed by atoms with van der Waals surface area (Å²) >= 11 is 0. The monoisotopic (exact) mass is 494 g/mol. The van der Waals surface area contributed by atoms with Crippen molar-refractivity contribution in [3.63, 3.8) is 0 Å². The molecule has 0 atom stereocenters. The molecule has 5 nitrogen and oxygen atoms in total. The fourth-order valence-electron chi connectivity index (χ4n) is 4.58. The molecule has 0 radical (unpaired) electrons. The normalized spacial score (nSPS) is 10.9. The Hall–Kier alpha value is -3.99. The molecule has 0 fully saturated rings. The van der Waals surface area contributed by atoms with Crippen molar-refractivity contribution in [3.05, 3.63) is 94.0 Å². The van der Waals surface area contributed by atoms with E-state index < -0.39 is 0 Å². The van der Waals surface area contributed by atoms with Crippen molar-refractivity contribution in [2.75, 3.05) is 11.9 Å². The third-order valence-electron chi connectivity index (χ3n) is 6.58. The van der Waals surface area contributed by atoms with Gasteiger partial charge in [0.15, 0.2) is 0 Å². The summed E-state index contributed by atoms with van der Waals surface area (Å²) in [6.45, 7) is 10.6. The maximum Gasteiger partial charge on any atom is 0.338 e. The zero-order valence-electron chi connectivity index (χ0n) is 22.3. The van der Waals surface area contributed by atoms with Gasteiger partial charge in [-0.25, -0.2) is 9.78 Å². The van der Waals surface area contributed by atoms with Crippen LogP contribution in [0.2, 0.25) is 0 Å². The van der Waals surface area contributed by atoms with Gasteiger partial charge in [0.25, 0.3) is 5.91 Å². The largest absolute Gasteiger partial charge is 0.462 e. The van der Waals surface area contributed by atoms with Gasteiger partial charge in [-0.1, -0.05) is 61.2 Å². The summed E-state index contributed by atoms with van der Waals surface area (Å²) in [6, 6.07) is 19.1. The van der Waals surface area contributed by atoms with E-state index in [0.717, 1.165) is 58.1 Å². The van der Waals surface area contributed by atoms with Crippen molar-refractivity contribution in [2.45, 2.75) is 53.9 Å². The molecule has 4 aromatic rings. The van der Waals surface area contributed by atoms with Crippen LogP contribution < -0.4 is 5.32 Å². The summed E-state index contributed by atoms with van der Waals surface area (Å²) in [5.41, 5.74) is 8.36. The molecule has 0 saturated heterocycles. The summed E-state index contributed by atoms with van der Waals surface area (Å²) in [4.78, 5) is 31.0. The lowest BCUT2D eigenvalue weighted by Crippen LogP contribution is -2.16. The molecule has 0 aliphatic heterocycles. The van der Waals surface area contributed by atoms with Gasteiger partial charge >= 0.3 is 5.97 Å². The van der Waals surface area contributed by atoms with Crippen LogP contribution in [0, 0.1) is 27.7 Å². The maximum atomic E-state index is 13.7. The zero-order chi connectivity index (χ0) is 26.5. The number of carbonyl (C=O) groups is 2. The van der Waals surface area contributed by atoms with Crippen LogP contribution in [0.4, 0.5) is 5.69 Å². The summed E-state index contributed by atoms with van der Waals surface area (Å²) in [6.07, 6.45) is 2.97. The van der Waals surface area contributed by atoms with Crippen LogP contribution in [0.25, 0.3) is 22.2 Å². The van der Waals surface area contributed by atoms with Gasteiger partial charge in [0.2, 0.25) is 0 Å². The molecule has 190 valence electrons. The van der Waals surface area contributed by atoms with E-state index in [1.54, 1.807) is 24.3 Å². The number of carbonyl (C=O) groups excluding carboxylic acids is 2. The molecule has 0 aliphatic rings. The second kappa shape index (κ2) is 11.4. The topological polar surface area (TPSA) is 68.3 Å². The number of amides is 1. The van der Waals surface area contributed by atoms with Crippen molar-refractivity contribution < 1.29 is 14.3 Å². The molecule has 1 N–H and O–H groups in total. The molecular formula is C32H34N2O3. The van der Waals surface area contributed by atoms with Crippen LogP contribution in [-0.2, 0) is 4.74 Å². The first kappa shape index (κ1) is 26.1. The molecule has 5 heteroatoms. The highest BCUT2D eigenvalue weighted by Crippen LogP contribution is 2.32. The number of aryl methyl sites for hydroxylation is 3. The number of hydrogen-bond acceptors (Lipinski definition) is 4. The summed E-state index contributed by atoms with van der Waals surface area (Å²) in [5.74, 6) is -0.559. The Labute approximate surface area is 218 Å². The number of pyridine rings is 1. The molecule has 1 amide bonds. The third kappa shape index (κ3) is 5.88. The Bertz CT molecular complexity index is 1440. The first-order valence-corrected chi connectivity index (χ1v) is 12.9. The first-order valence-electron chi connectivity index (χ1n) is 12.9. The quantitative estimate of drug-likeness (QED) is 0.201. The van der Waals surface area contributed by atoms with Crippen molar-refractivity contribution in [2.24, 2.45) is 0 Å². The van der Waals surface area contributed by atoms with Crippen molar-refractivity contribution in [1.82, 2.24) is 4.98 Å². The SMILES string of the molecule is CCCCCOC(=O)c1ccc(NC(=O)c2c(C)c(-c3ccc(C)cc3)nc3c(C)cc(C)cc23)cc1. The Morgan fingerprint density at radius 2 is 1.57 bits per heavy atom. The van der Waals surface area contributed by atoms with E-state index in [9.17, 15) is 9.59 Å². The highest BCUT2D eigenvalue weighted by atomic mass is 16.5. The molecule has 1 aromatic heterocycles. The molecule has 0 spiro atoms. The highest BCUT2D eigenvalue weighted by molar-refractivity contribution is 6.15. The highest BCUT2D eigenvalue weighted by Gasteiger charge is 2.21. The van der Waals surface area contributed by atoms with Crippen LogP contribution >= 0.6 is 0 Å². The van der Waals surface area contributed by atoms with Gasteiger partial charge in [-0.05, 0) is 75.6 Å². The van der Waals surface area contributed by atoms with E-state index in [4.69, 9.17) is 9.72 Å². The molecule has 0 saturated carbocycles. The van der Waals surface area contributed by atoms with E-state index in [-0.39, 0.29) is 11.9 Å². The minimum Gasteiger partial charge on any atom is -0.462 e. The van der Waals surface area contributed by atoms with Gasteiger partial charge in [-0.3, -0.25) is 4.79 Å². The fraction of sp³-hybridized carbons (Fsp3) is 0.281. The van der Waals surface area contributed by atoms with Crippen LogP contribution in [0.3, 0.4) is 0 Å². The molecular weight excluding hydrogens is 460 g/mol. The lowest BCUT2D eigenvalue weighted by Gasteiger charge is -2.17. The summed E-state index contributed by atoms with van der Waals surface area (Å²) in [7, 11) is 0. The average molecular weight is 495 g/mol. The Balaban J connectivity index is 1.66. The van der Waals surface area contributed by atoms with Gasteiger partial charge in [0.05, 0.1) is 28.9 Å². The average Bonchev–Trinajstić information content (AvgIpc) is 2.87. The zero-order valence-corrected chi connectivity index (χ0v) is 22.3. The number of nitrogens with zero attached hydrogens (tertiary/aromatic N) is 1. The number of rotatable bonds is 8. The molecule has 1 heterocycles. The lowest BCUT2D eigenvalue weighted by molar-refractivity contribution is 0.0498. The van der Waals surface area contributed by atoms with Crippen LogP contribution in [-0.4, -0.2) is 23.5 Å². The number of fused-ring (bicyclic) bond motifs is 1. The number of nitrogens with one attached hydrogen (secondary N) is 1. The predicted molar refractivity (Wildman–Crippen MR) is 150 cm³/mol. The second-order valence-corrected chi connectivity index (χ2v) is 9.68. The third-order valence-corrected chi connectivity index (χ3v) is 6.58. The van der Waals surface area contributed by atoms with E-state index in [1.807, 2.05) is 45.9 Å². The van der Waals surface area contributed by atoms with Crippen LogP contribution in [0.1, 0.15) is 69.2 Å². The number of unbranched alkanes of at least 4 members (excludes halogenated alkanes) is 2. The Morgan fingerprint density at radius 1 is 0.865 bits per heavy atom. The number of hydrogen-bond donors (Lipinski definition) is 1. The Kier molecular flexibility index (Phi) is 8.02. The molecule has 4 rings (SSSR count). The number of aromatic nitrogens is 1. The summed E-state index contributed by atoms with van der Waals surface area (Å²) in [5, 5.41) is 3.85. The van der Waals surface area contributed by atoms with E-state index in [0.29, 0.717) is 23.4 Å². The van der Waals surface area contributed by atoms with Crippen molar-refractivity contribution in [1.29, 1.82) is 0 Å². The minimum atomic E-state index is -0.348. The number of benzene rings is 3. The van der Waals surface area contributed by atoms with Crippen LogP contribution in [0.15, 0.2) is 60.7 Å². The number of anilines is 1. The van der Waals surface area contributed by atoms with Gasteiger partial charge in [-0.15, -0.1) is 0 Å².